The van der Waals surface area contributed by atoms with Gasteiger partial charge in [0.2, 0.25) is 0 Å². The molecule has 112 valence electrons. The molecule has 0 amide bonds. The molecule has 19 heavy (non-hydrogen) atoms. The third kappa shape index (κ3) is 10.4. The van der Waals surface area contributed by atoms with Crippen LogP contribution in [0.1, 0.15) is 19.8 Å². The van der Waals surface area contributed by atoms with E-state index in [1.165, 1.54) is 16.3 Å². The molecule has 0 aromatic carbocycles. The third-order valence-corrected chi connectivity index (χ3v) is 9.55. The predicted molar refractivity (Wildman–Crippen MR) is 90.9 cm³/mol. The summed E-state index contributed by atoms with van der Waals surface area (Å²) in [6.07, 6.45) is 4.07. The third-order valence-electron chi connectivity index (χ3n) is 2.30. The molecule has 0 saturated heterocycles. The van der Waals surface area contributed by atoms with E-state index < -0.39 is 27.6 Å². The van der Waals surface area contributed by atoms with Crippen LogP contribution in [0, 0.1) is 0 Å². The van der Waals surface area contributed by atoms with Gasteiger partial charge in [0.1, 0.15) is 0 Å². The van der Waals surface area contributed by atoms with Crippen LogP contribution in [-0.2, 0) is 17.5 Å². The van der Waals surface area contributed by atoms with Crippen molar-refractivity contribution in [2.24, 2.45) is 0 Å². The normalized spacial score (nSPS) is 12.7. The second-order valence-electron chi connectivity index (χ2n) is 5.09. The van der Waals surface area contributed by atoms with Gasteiger partial charge in [-0.3, -0.25) is 0 Å². The van der Waals surface area contributed by atoms with Gasteiger partial charge in [0, 0.05) is 15.8 Å². The highest BCUT2D eigenvalue weighted by molar-refractivity contribution is 6.65. The van der Waals surface area contributed by atoms with Gasteiger partial charge in [-0.1, -0.05) is 18.5 Å². The largest absolute Gasteiger partial charge is 0.530 e. The number of hydrogen-bond acceptors (Lipinski definition) is 4. The topological polar surface area (TPSA) is 44.8 Å². The van der Waals surface area contributed by atoms with E-state index >= 15 is 0 Å². The van der Waals surface area contributed by atoms with Crippen LogP contribution in [0.2, 0.25) is 32.2 Å². The SMILES string of the molecule is CC(=CCCC[SiH3])C(=O)O[SiH](O[SiH](C)C)O[SiH](C)C. The number of rotatable bonds is 9. The van der Waals surface area contributed by atoms with Crippen molar-refractivity contribution in [1.82, 2.24) is 0 Å². The summed E-state index contributed by atoms with van der Waals surface area (Å²) in [4.78, 5) is 11.9. The Morgan fingerprint density at radius 3 is 2.11 bits per heavy atom. The van der Waals surface area contributed by atoms with Gasteiger partial charge >= 0.3 is 15.5 Å². The fourth-order valence-electron chi connectivity index (χ4n) is 1.32. The monoisotopic (exact) mass is 336 g/mol. The van der Waals surface area contributed by atoms with Crippen LogP contribution in [0.25, 0.3) is 0 Å². The number of carbonyl (C=O) groups is 1. The molecule has 0 aliphatic heterocycles. The zero-order valence-corrected chi connectivity index (χ0v) is 18.5. The molecule has 0 aliphatic rings. The Hall–Kier alpha value is -0.00247. The lowest BCUT2D eigenvalue weighted by atomic mass is 10.2. The molecule has 0 aromatic rings. The first-order valence-electron chi connectivity index (χ1n) is 7.05. The minimum Gasteiger partial charge on any atom is -0.473 e. The highest BCUT2D eigenvalue weighted by atomic mass is 28.4. The standard InChI is InChI=1S/C11H28O4Si4/c1-10(8-6-7-9-16)11(12)13-19(14-17(2)3)15-18(4)5/h8,17-19H,6-7,9H2,1-5,16H3. The average molecular weight is 337 g/mol. The highest BCUT2D eigenvalue weighted by Crippen LogP contribution is 2.06. The molecule has 0 rings (SSSR count). The second-order valence-corrected chi connectivity index (χ2v) is 13.3. The van der Waals surface area contributed by atoms with Crippen LogP contribution >= 0.6 is 0 Å². The van der Waals surface area contributed by atoms with Crippen molar-refractivity contribution in [3.63, 3.8) is 0 Å². The zero-order chi connectivity index (χ0) is 14.8. The molecular weight excluding hydrogens is 308 g/mol. The van der Waals surface area contributed by atoms with Gasteiger partial charge in [-0.15, -0.1) is 0 Å². The molecule has 8 heteroatoms. The summed E-state index contributed by atoms with van der Waals surface area (Å²) in [5.41, 5.74) is 0.677. The van der Waals surface area contributed by atoms with Gasteiger partial charge in [0.25, 0.3) is 0 Å². The zero-order valence-electron chi connectivity index (χ0n) is 13.1. The smallest absolute Gasteiger partial charge is 0.473 e. The Morgan fingerprint density at radius 2 is 1.68 bits per heavy atom. The summed E-state index contributed by atoms with van der Waals surface area (Å²) in [6.45, 7) is 10.1. The van der Waals surface area contributed by atoms with E-state index in [4.69, 9.17) is 12.7 Å². The number of carbonyl (C=O) groups excluding carboxylic acids is 1. The van der Waals surface area contributed by atoms with Crippen LogP contribution in [0.3, 0.4) is 0 Å². The fourth-order valence-corrected chi connectivity index (χ4v) is 6.92. The van der Waals surface area contributed by atoms with Gasteiger partial charge < -0.3 is 12.7 Å². The molecule has 0 atom stereocenters. The number of hydrogen-bond donors (Lipinski definition) is 0. The Morgan fingerprint density at radius 1 is 1.16 bits per heavy atom. The number of unbranched alkanes of at least 4 members (excludes halogenated alkanes) is 1. The molecular formula is C11H28O4Si4. The molecule has 0 heterocycles. The van der Waals surface area contributed by atoms with Crippen molar-refractivity contribution >= 4 is 43.8 Å². The quantitative estimate of drug-likeness (QED) is 0.354. The molecule has 0 fully saturated rings. The summed E-state index contributed by atoms with van der Waals surface area (Å²) in [7, 11) is -3.52. The van der Waals surface area contributed by atoms with Crippen LogP contribution in [0.15, 0.2) is 11.6 Å². The Labute approximate surface area is 125 Å². The minimum absolute atomic E-state index is 0.269. The van der Waals surface area contributed by atoms with Crippen molar-refractivity contribution in [3.05, 3.63) is 11.6 Å². The molecule has 0 radical (unpaired) electrons. The van der Waals surface area contributed by atoms with E-state index in [2.05, 4.69) is 26.2 Å². The van der Waals surface area contributed by atoms with Crippen LogP contribution in [0.4, 0.5) is 0 Å². The average Bonchev–Trinajstić information content (AvgIpc) is 2.27. The lowest BCUT2D eigenvalue weighted by Crippen LogP contribution is -2.37. The summed E-state index contributed by atoms with van der Waals surface area (Å²) >= 11 is 0. The first-order chi connectivity index (χ1) is 8.86. The molecule has 0 spiro atoms. The molecule has 0 bridgehead atoms. The van der Waals surface area contributed by atoms with Gasteiger partial charge in [-0.25, -0.2) is 4.79 Å². The maximum absolute atomic E-state index is 11.9. The van der Waals surface area contributed by atoms with E-state index in [0.29, 0.717) is 5.57 Å². The van der Waals surface area contributed by atoms with E-state index in [1.807, 2.05) is 6.08 Å². The molecule has 0 N–H and O–H groups in total. The van der Waals surface area contributed by atoms with Crippen molar-refractivity contribution < 1.29 is 17.5 Å². The van der Waals surface area contributed by atoms with Gasteiger partial charge in [0.15, 0.2) is 18.1 Å². The van der Waals surface area contributed by atoms with E-state index in [-0.39, 0.29) is 5.97 Å². The van der Waals surface area contributed by atoms with E-state index in [0.717, 1.165) is 12.8 Å². The minimum atomic E-state index is -2.26. The Bertz CT molecular complexity index is 284. The van der Waals surface area contributed by atoms with Crippen molar-refractivity contribution in [2.45, 2.75) is 52.0 Å². The van der Waals surface area contributed by atoms with Gasteiger partial charge in [-0.05, 0) is 39.5 Å². The van der Waals surface area contributed by atoms with Crippen LogP contribution < -0.4 is 0 Å². The Kier molecular flexibility index (Phi) is 10.7. The van der Waals surface area contributed by atoms with Crippen molar-refractivity contribution in [2.75, 3.05) is 0 Å². The first kappa shape index (κ1) is 19.0. The molecule has 0 aromatic heterocycles. The second kappa shape index (κ2) is 10.7. The lowest BCUT2D eigenvalue weighted by molar-refractivity contribution is -0.132. The summed E-state index contributed by atoms with van der Waals surface area (Å²) < 4.78 is 16.9. The molecule has 0 saturated carbocycles. The van der Waals surface area contributed by atoms with E-state index in [9.17, 15) is 4.79 Å². The first-order valence-corrected chi connectivity index (χ1v) is 15.4. The predicted octanol–water partition coefficient (Wildman–Crippen LogP) is 0.757. The van der Waals surface area contributed by atoms with Gasteiger partial charge in [0.05, 0.1) is 0 Å². The summed E-state index contributed by atoms with van der Waals surface area (Å²) in [5, 5.41) is 0. The molecule has 4 nitrogen and oxygen atoms in total. The molecule has 0 unspecified atom stereocenters. The van der Waals surface area contributed by atoms with Crippen molar-refractivity contribution in [3.8, 4) is 0 Å². The van der Waals surface area contributed by atoms with Crippen molar-refractivity contribution in [1.29, 1.82) is 0 Å². The number of allylic oxidation sites excluding steroid dienone is 1. The maximum Gasteiger partial charge on any atom is 0.530 e. The summed E-state index contributed by atoms with van der Waals surface area (Å²) in [5.74, 6) is -0.269. The van der Waals surface area contributed by atoms with Gasteiger partial charge in [-0.2, -0.15) is 0 Å². The highest BCUT2D eigenvalue weighted by Gasteiger charge is 2.24. The fraction of sp³-hybridized carbons (Fsp3) is 0.727. The van der Waals surface area contributed by atoms with Crippen LogP contribution in [-0.4, -0.2) is 43.8 Å². The lowest BCUT2D eigenvalue weighted by Gasteiger charge is -2.20. The summed E-state index contributed by atoms with van der Waals surface area (Å²) in [6, 6.07) is 1.26. The van der Waals surface area contributed by atoms with Crippen LogP contribution in [0.5, 0.6) is 0 Å². The Balaban J connectivity index is 4.39. The van der Waals surface area contributed by atoms with E-state index in [1.54, 1.807) is 6.92 Å². The maximum atomic E-state index is 11.9. The molecule has 0 aliphatic carbocycles.